The number of aromatic nitrogens is 2. The first-order valence-electron chi connectivity index (χ1n) is 5.62. The third-order valence-electron chi connectivity index (χ3n) is 2.10. The molecule has 0 saturated heterocycles. The van der Waals surface area contributed by atoms with E-state index in [0.29, 0.717) is 5.82 Å². The van der Waals surface area contributed by atoms with Crippen LogP contribution in [0.2, 0.25) is 0 Å². The maximum absolute atomic E-state index is 5.70. The van der Waals surface area contributed by atoms with Crippen LogP contribution in [0, 0.1) is 0 Å². The second-order valence-electron chi connectivity index (χ2n) is 3.62. The maximum atomic E-state index is 5.70. The lowest BCUT2D eigenvalue weighted by Gasteiger charge is -2.07. The summed E-state index contributed by atoms with van der Waals surface area (Å²) in [5.74, 6) is 2.12. The largest absolute Gasteiger partial charge is 0.385 e. The minimum Gasteiger partial charge on any atom is -0.385 e. The van der Waals surface area contributed by atoms with Gasteiger partial charge in [0.25, 0.3) is 0 Å². The van der Waals surface area contributed by atoms with Crippen LogP contribution in [0.5, 0.6) is 0 Å². The fourth-order valence-corrected chi connectivity index (χ4v) is 1.38. The molecule has 16 heavy (non-hydrogen) atoms. The molecule has 1 rings (SSSR count). The van der Waals surface area contributed by atoms with E-state index in [1.807, 2.05) is 0 Å². The number of aryl methyl sites for hydroxylation is 1. The minimum atomic E-state index is 0.521. The molecule has 0 fully saturated rings. The van der Waals surface area contributed by atoms with Gasteiger partial charge >= 0.3 is 0 Å². The summed E-state index contributed by atoms with van der Waals surface area (Å²) in [4.78, 5) is 8.55. The van der Waals surface area contributed by atoms with Crippen molar-refractivity contribution < 1.29 is 4.74 Å². The molecule has 0 spiro atoms. The predicted molar refractivity (Wildman–Crippen MR) is 65.4 cm³/mol. The standard InChI is InChI=1S/C11H20N4O/c1-3-5-10-14-9(12)8-11(15-10)13-6-4-7-16-2/h8H,3-7H2,1-2H3,(H3,12,13,14,15). The number of anilines is 2. The van der Waals surface area contributed by atoms with Gasteiger partial charge in [-0.2, -0.15) is 0 Å². The van der Waals surface area contributed by atoms with Gasteiger partial charge in [0.2, 0.25) is 0 Å². The van der Waals surface area contributed by atoms with Crippen LogP contribution in [0.25, 0.3) is 0 Å². The van der Waals surface area contributed by atoms with Crippen molar-refractivity contribution in [3.63, 3.8) is 0 Å². The lowest BCUT2D eigenvalue weighted by molar-refractivity contribution is 0.198. The molecule has 5 nitrogen and oxygen atoms in total. The molecule has 5 heteroatoms. The number of hydrogen-bond donors (Lipinski definition) is 2. The van der Waals surface area contributed by atoms with E-state index in [0.717, 1.165) is 44.1 Å². The molecular formula is C11H20N4O. The Bertz CT molecular complexity index is 317. The molecule has 0 amide bonds. The van der Waals surface area contributed by atoms with Gasteiger partial charge in [-0.25, -0.2) is 9.97 Å². The normalized spacial score (nSPS) is 10.4. The molecule has 0 aromatic carbocycles. The fourth-order valence-electron chi connectivity index (χ4n) is 1.38. The topological polar surface area (TPSA) is 73.1 Å². The predicted octanol–water partition coefficient (Wildman–Crippen LogP) is 1.46. The van der Waals surface area contributed by atoms with Gasteiger partial charge in [-0.1, -0.05) is 6.92 Å². The van der Waals surface area contributed by atoms with Gasteiger partial charge in [0.1, 0.15) is 17.5 Å². The Kier molecular flexibility index (Phi) is 5.56. The van der Waals surface area contributed by atoms with Gasteiger partial charge < -0.3 is 15.8 Å². The van der Waals surface area contributed by atoms with Crippen molar-refractivity contribution in [3.8, 4) is 0 Å². The van der Waals surface area contributed by atoms with E-state index >= 15 is 0 Å². The highest BCUT2D eigenvalue weighted by Gasteiger charge is 2.01. The molecule has 0 radical (unpaired) electrons. The Labute approximate surface area is 96.4 Å². The first-order chi connectivity index (χ1) is 7.76. The van der Waals surface area contributed by atoms with Crippen LogP contribution in [0.1, 0.15) is 25.6 Å². The monoisotopic (exact) mass is 224 g/mol. The van der Waals surface area contributed by atoms with Crippen LogP contribution >= 0.6 is 0 Å². The molecule has 1 aromatic heterocycles. The zero-order valence-electron chi connectivity index (χ0n) is 9.99. The quantitative estimate of drug-likeness (QED) is 0.686. The fraction of sp³-hybridized carbons (Fsp3) is 0.636. The summed E-state index contributed by atoms with van der Waals surface area (Å²) < 4.78 is 4.97. The molecule has 0 aliphatic carbocycles. The van der Waals surface area contributed by atoms with Gasteiger partial charge in [0, 0.05) is 32.7 Å². The Balaban J connectivity index is 2.51. The van der Waals surface area contributed by atoms with Crippen LogP contribution in [0.15, 0.2) is 6.07 Å². The Hall–Kier alpha value is -1.36. The first kappa shape index (κ1) is 12.7. The van der Waals surface area contributed by atoms with Crippen LogP contribution in [-0.4, -0.2) is 30.2 Å². The summed E-state index contributed by atoms with van der Waals surface area (Å²) in [6, 6.07) is 1.76. The number of nitrogens with zero attached hydrogens (tertiary/aromatic N) is 2. The lowest BCUT2D eigenvalue weighted by Crippen LogP contribution is -2.09. The third-order valence-corrected chi connectivity index (χ3v) is 2.10. The SMILES string of the molecule is CCCc1nc(N)cc(NCCCOC)n1. The van der Waals surface area contributed by atoms with Crippen molar-refractivity contribution in [1.29, 1.82) is 0 Å². The molecular weight excluding hydrogens is 204 g/mol. The average molecular weight is 224 g/mol. The van der Waals surface area contributed by atoms with Crippen molar-refractivity contribution in [2.75, 3.05) is 31.3 Å². The molecule has 1 aromatic rings. The zero-order valence-corrected chi connectivity index (χ0v) is 9.99. The molecule has 0 atom stereocenters. The Morgan fingerprint density at radius 3 is 2.94 bits per heavy atom. The minimum absolute atomic E-state index is 0.521. The highest BCUT2D eigenvalue weighted by atomic mass is 16.5. The van der Waals surface area contributed by atoms with Crippen LogP contribution in [-0.2, 0) is 11.2 Å². The molecule has 90 valence electrons. The number of methoxy groups -OCH3 is 1. The third kappa shape index (κ3) is 4.44. The van der Waals surface area contributed by atoms with Crippen LogP contribution in [0.4, 0.5) is 11.6 Å². The highest BCUT2D eigenvalue weighted by Crippen LogP contribution is 2.09. The van der Waals surface area contributed by atoms with Gasteiger partial charge in [-0.15, -0.1) is 0 Å². The number of ether oxygens (including phenoxy) is 1. The van der Waals surface area contributed by atoms with E-state index in [4.69, 9.17) is 10.5 Å². The number of nitrogens with two attached hydrogens (primary N) is 1. The molecule has 0 bridgehead atoms. The Morgan fingerprint density at radius 1 is 1.44 bits per heavy atom. The van der Waals surface area contributed by atoms with E-state index in [-0.39, 0.29) is 0 Å². The molecule has 0 aliphatic rings. The Morgan fingerprint density at radius 2 is 2.25 bits per heavy atom. The van der Waals surface area contributed by atoms with Crippen molar-refractivity contribution in [2.24, 2.45) is 0 Å². The molecule has 0 aliphatic heterocycles. The van der Waals surface area contributed by atoms with Crippen LogP contribution < -0.4 is 11.1 Å². The number of rotatable bonds is 7. The summed E-state index contributed by atoms with van der Waals surface area (Å²) in [5, 5.41) is 3.21. The van der Waals surface area contributed by atoms with Crippen molar-refractivity contribution in [1.82, 2.24) is 9.97 Å². The summed E-state index contributed by atoms with van der Waals surface area (Å²) in [5.41, 5.74) is 5.70. The van der Waals surface area contributed by atoms with Crippen molar-refractivity contribution >= 4 is 11.6 Å². The van der Waals surface area contributed by atoms with Gasteiger partial charge in [-0.05, 0) is 12.8 Å². The average Bonchev–Trinajstić information content (AvgIpc) is 2.24. The number of nitrogen functional groups attached to an aromatic ring is 1. The first-order valence-corrected chi connectivity index (χ1v) is 5.62. The number of hydrogen-bond acceptors (Lipinski definition) is 5. The molecule has 3 N–H and O–H groups in total. The van der Waals surface area contributed by atoms with Crippen LogP contribution in [0.3, 0.4) is 0 Å². The van der Waals surface area contributed by atoms with E-state index in [1.165, 1.54) is 0 Å². The van der Waals surface area contributed by atoms with Gasteiger partial charge in [-0.3, -0.25) is 0 Å². The second-order valence-corrected chi connectivity index (χ2v) is 3.62. The van der Waals surface area contributed by atoms with Gasteiger partial charge in [0.05, 0.1) is 0 Å². The lowest BCUT2D eigenvalue weighted by atomic mass is 10.3. The van der Waals surface area contributed by atoms with Gasteiger partial charge in [0.15, 0.2) is 0 Å². The van der Waals surface area contributed by atoms with Crippen molar-refractivity contribution in [3.05, 3.63) is 11.9 Å². The summed E-state index contributed by atoms with van der Waals surface area (Å²) in [6.07, 6.45) is 2.83. The van der Waals surface area contributed by atoms with E-state index in [1.54, 1.807) is 13.2 Å². The van der Waals surface area contributed by atoms with E-state index in [9.17, 15) is 0 Å². The molecule has 0 unspecified atom stereocenters. The highest BCUT2D eigenvalue weighted by molar-refractivity contribution is 5.44. The van der Waals surface area contributed by atoms with E-state index < -0.39 is 0 Å². The summed E-state index contributed by atoms with van der Waals surface area (Å²) >= 11 is 0. The zero-order chi connectivity index (χ0) is 11.8. The summed E-state index contributed by atoms with van der Waals surface area (Å²) in [6.45, 7) is 3.67. The molecule has 1 heterocycles. The summed E-state index contributed by atoms with van der Waals surface area (Å²) in [7, 11) is 1.70. The van der Waals surface area contributed by atoms with Crippen molar-refractivity contribution in [2.45, 2.75) is 26.2 Å². The van der Waals surface area contributed by atoms with E-state index in [2.05, 4.69) is 22.2 Å². The smallest absolute Gasteiger partial charge is 0.133 e. The molecule has 0 saturated carbocycles. The second kappa shape index (κ2) is 7.00. The maximum Gasteiger partial charge on any atom is 0.133 e. The number of nitrogens with one attached hydrogen (secondary N) is 1.